The van der Waals surface area contributed by atoms with E-state index >= 15 is 0 Å². The molecule has 0 radical (unpaired) electrons. The van der Waals surface area contributed by atoms with Crippen molar-refractivity contribution < 1.29 is 47.1 Å². The molecule has 17 heteroatoms. The number of esters is 1. The van der Waals surface area contributed by atoms with Gasteiger partial charge in [-0.3, -0.25) is 29.9 Å². The fraction of sp³-hybridized carbons (Fsp3) is 0.323. The highest BCUT2D eigenvalue weighted by molar-refractivity contribution is 7.12. The first-order valence-corrected chi connectivity index (χ1v) is 15.1. The average molecular weight is 692 g/mol. The number of nitrogens with two attached hydrogens (primary N) is 1. The van der Waals surface area contributed by atoms with Gasteiger partial charge in [-0.15, -0.1) is 11.3 Å². The summed E-state index contributed by atoms with van der Waals surface area (Å²) in [6, 6.07) is 13.3. The zero-order valence-electron chi connectivity index (χ0n) is 25.8. The van der Waals surface area contributed by atoms with Gasteiger partial charge in [0.05, 0.1) is 18.0 Å². The number of nitrogen functional groups attached to an aromatic ring is 1. The smallest absolute Gasteiger partial charge is 0.475 e. The third kappa shape index (κ3) is 9.84. The number of nitro groups is 1. The van der Waals surface area contributed by atoms with Crippen LogP contribution in [-0.4, -0.2) is 81.8 Å². The predicted molar refractivity (Wildman–Crippen MR) is 168 cm³/mol. The van der Waals surface area contributed by atoms with Crippen molar-refractivity contribution in [2.45, 2.75) is 44.9 Å². The number of nitrogens with one attached hydrogen (secondary N) is 1. The van der Waals surface area contributed by atoms with Crippen molar-refractivity contribution in [1.29, 1.82) is 5.41 Å². The number of rotatable bonds is 10. The number of non-ortho nitro benzene ring substituents is 1. The van der Waals surface area contributed by atoms with Gasteiger partial charge in [-0.2, -0.15) is 13.2 Å². The maximum atomic E-state index is 14.0. The summed E-state index contributed by atoms with van der Waals surface area (Å²) in [5.41, 5.74) is 7.92. The molecular weight excluding hydrogens is 659 g/mol. The molecule has 48 heavy (non-hydrogen) atoms. The molecule has 13 nitrogen and oxygen atoms in total. The van der Waals surface area contributed by atoms with Crippen LogP contribution in [0.25, 0.3) is 0 Å². The van der Waals surface area contributed by atoms with E-state index in [9.17, 15) is 37.7 Å². The molecule has 0 bridgehead atoms. The number of fused-ring (bicyclic) bond motifs is 1. The van der Waals surface area contributed by atoms with Gasteiger partial charge in [0, 0.05) is 59.6 Å². The molecule has 2 aromatic carbocycles. The monoisotopic (exact) mass is 691 g/mol. The number of carboxylic acids is 1. The van der Waals surface area contributed by atoms with Gasteiger partial charge >= 0.3 is 18.1 Å². The van der Waals surface area contributed by atoms with Crippen molar-refractivity contribution in [1.82, 2.24) is 9.80 Å². The lowest BCUT2D eigenvalue weighted by atomic mass is 10.0. The summed E-state index contributed by atoms with van der Waals surface area (Å²) in [5.74, 6) is -3.80. The van der Waals surface area contributed by atoms with Crippen LogP contribution in [0.5, 0.6) is 0 Å². The molecule has 4 N–H and O–H groups in total. The Bertz CT molecular complexity index is 1680. The number of carbonyl (C=O) groups is 4. The van der Waals surface area contributed by atoms with Crippen molar-refractivity contribution in [2.75, 3.05) is 20.2 Å². The number of nitro benzene ring substituents is 1. The van der Waals surface area contributed by atoms with Crippen LogP contribution in [0.15, 0.2) is 54.6 Å². The van der Waals surface area contributed by atoms with Crippen LogP contribution in [0.2, 0.25) is 0 Å². The minimum atomic E-state index is -5.08. The molecule has 4 rings (SSSR count). The van der Waals surface area contributed by atoms with Crippen molar-refractivity contribution in [2.24, 2.45) is 5.73 Å². The minimum absolute atomic E-state index is 0.0636. The minimum Gasteiger partial charge on any atom is -0.475 e. The van der Waals surface area contributed by atoms with E-state index in [2.05, 4.69) is 0 Å². The fourth-order valence-corrected chi connectivity index (χ4v) is 5.89. The van der Waals surface area contributed by atoms with Crippen LogP contribution in [0.3, 0.4) is 0 Å². The van der Waals surface area contributed by atoms with E-state index < -0.39 is 23.1 Å². The molecule has 0 saturated carbocycles. The van der Waals surface area contributed by atoms with Crippen LogP contribution in [0.1, 0.15) is 43.7 Å². The molecule has 3 aromatic rings. The van der Waals surface area contributed by atoms with E-state index in [1.807, 2.05) is 6.07 Å². The Balaban J connectivity index is 0.000000804. The number of amidine groups is 1. The third-order valence-electron chi connectivity index (χ3n) is 7.19. The molecule has 0 saturated heterocycles. The number of ether oxygens (including phenoxy) is 1. The van der Waals surface area contributed by atoms with E-state index in [0.717, 1.165) is 15.3 Å². The lowest BCUT2D eigenvalue weighted by Gasteiger charge is -2.34. The highest BCUT2D eigenvalue weighted by Crippen LogP contribution is 2.30. The maximum Gasteiger partial charge on any atom is 0.490 e. The lowest BCUT2D eigenvalue weighted by Crippen LogP contribution is -2.51. The Morgan fingerprint density at radius 3 is 2.23 bits per heavy atom. The number of amides is 2. The number of alkyl halides is 3. The Labute approximate surface area is 276 Å². The summed E-state index contributed by atoms with van der Waals surface area (Å²) in [5, 5.41) is 25.8. The Morgan fingerprint density at radius 2 is 1.71 bits per heavy atom. The number of aliphatic carboxylic acids is 1. The Kier molecular flexibility index (Phi) is 12.4. The number of carbonyl (C=O) groups excluding carboxylic acids is 3. The topological polar surface area (TPSA) is 197 Å². The fourth-order valence-electron chi connectivity index (χ4n) is 4.74. The van der Waals surface area contributed by atoms with Crippen LogP contribution in [0, 0.1) is 15.5 Å². The first-order valence-electron chi connectivity index (χ1n) is 14.3. The first-order chi connectivity index (χ1) is 22.5. The molecule has 2 amide bonds. The summed E-state index contributed by atoms with van der Waals surface area (Å²) in [6.45, 7) is 2.88. The molecule has 2 heterocycles. The quantitative estimate of drug-likeness (QED) is 0.0927. The van der Waals surface area contributed by atoms with Crippen molar-refractivity contribution in [3.05, 3.63) is 96.7 Å². The molecule has 1 aliphatic heterocycles. The van der Waals surface area contributed by atoms with Crippen LogP contribution in [-0.2, 0) is 44.9 Å². The standard InChI is InChI=1S/C29H31N5O6S.C2HF3O2/c1-3-40-26(35)16-23-15-21-17-33(13-12-25(21)41-23)29(37)24(14-18-4-10-22(11-5-18)34(38)39)32(2)28(36)20-8-6-19(7-9-20)27(30)31;3-2(4,5)1(6)7/h4-11,15,24H,3,12-14,16-17H2,1-2H3,(H3,30,31);(H,6,7)/t24-;/m0./s1. The van der Waals surface area contributed by atoms with Crippen LogP contribution < -0.4 is 5.73 Å². The number of hydrogen-bond donors (Lipinski definition) is 3. The summed E-state index contributed by atoms with van der Waals surface area (Å²) in [7, 11) is 1.56. The van der Waals surface area contributed by atoms with Crippen molar-refractivity contribution >= 4 is 46.6 Å². The molecule has 0 unspecified atom stereocenters. The normalized spacial score (nSPS) is 12.9. The molecule has 0 spiro atoms. The number of benzene rings is 2. The van der Waals surface area contributed by atoms with Gasteiger partial charge < -0.3 is 25.4 Å². The van der Waals surface area contributed by atoms with Gasteiger partial charge in [0.2, 0.25) is 5.91 Å². The van der Waals surface area contributed by atoms with Gasteiger partial charge in [0.1, 0.15) is 11.9 Å². The first kappa shape index (κ1) is 37.1. The average Bonchev–Trinajstić information content (AvgIpc) is 3.44. The molecule has 1 aliphatic rings. The molecule has 1 aromatic heterocycles. The number of carboxylic acid groups (broad SMARTS) is 1. The summed E-state index contributed by atoms with van der Waals surface area (Å²) in [6.07, 6.45) is -4.11. The zero-order valence-corrected chi connectivity index (χ0v) is 26.6. The number of thiophene rings is 1. The van der Waals surface area contributed by atoms with E-state index in [1.165, 1.54) is 17.0 Å². The third-order valence-corrected chi connectivity index (χ3v) is 8.42. The van der Waals surface area contributed by atoms with Gasteiger partial charge in [-0.1, -0.05) is 24.3 Å². The van der Waals surface area contributed by atoms with Crippen LogP contribution >= 0.6 is 11.3 Å². The van der Waals surface area contributed by atoms with E-state index in [-0.39, 0.29) is 42.1 Å². The molecule has 0 aliphatic carbocycles. The second-order valence-electron chi connectivity index (χ2n) is 10.5. The molecular formula is C31H32F3N5O8S. The van der Waals surface area contributed by atoms with Crippen molar-refractivity contribution in [3.8, 4) is 0 Å². The van der Waals surface area contributed by atoms with Gasteiger partial charge in [0.25, 0.3) is 11.6 Å². The second-order valence-corrected chi connectivity index (χ2v) is 11.7. The number of hydrogen-bond acceptors (Lipinski definition) is 9. The summed E-state index contributed by atoms with van der Waals surface area (Å²) < 4.78 is 36.8. The molecule has 256 valence electrons. The largest absolute Gasteiger partial charge is 0.490 e. The number of halogens is 3. The SMILES string of the molecule is CCOC(=O)Cc1cc2c(s1)CCN(C(=O)[C@H](Cc1ccc([N+](=O)[O-])cc1)N(C)C(=O)c1ccc(C(=N)N)cc1)C2.O=C(O)C(F)(F)F. The van der Waals surface area contributed by atoms with E-state index in [0.29, 0.717) is 42.8 Å². The number of likely N-dealkylation sites (N-methyl/N-ethyl adjacent to an activating group) is 1. The highest BCUT2D eigenvalue weighted by atomic mass is 32.1. The molecule has 0 fully saturated rings. The Morgan fingerprint density at radius 1 is 1.12 bits per heavy atom. The number of nitrogens with zero attached hydrogens (tertiary/aromatic N) is 3. The second kappa shape index (κ2) is 16.0. The van der Waals surface area contributed by atoms with Crippen LogP contribution in [0.4, 0.5) is 18.9 Å². The lowest BCUT2D eigenvalue weighted by molar-refractivity contribution is -0.384. The summed E-state index contributed by atoms with van der Waals surface area (Å²) >= 11 is 1.55. The van der Waals surface area contributed by atoms with Gasteiger partial charge in [-0.25, -0.2) is 4.79 Å². The zero-order chi connectivity index (χ0) is 35.8. The predicted octanol–water partition coefficient (Wildman–Crippen LogP) is 3.95. The van der Waals surface area contributed by atoms with E-state index in [4.69, 9.17) is 25.8 Å². The maximum absolute atomic E-state index is 14.0. The van der Waals surface area contributed by atoms with E-state index in [1.54, 1.807) is 66.6 Å². The molecule has 1 atom stereocenters. The summed E-state index contributed by atoms with van der Waals surface area (Å²) in [4.78, 5) is 64.0. The van der Waals surface area contributed by atoms with Crippen molar-refractivity contribution in [3.63, 3.8) is 0 Å². The Hall–Kier alpha value is -5.32. The van der Waals surface area contributed by atoms with Gasteiger partial charge in [-0.05, 0) is 42.7 Å². The highest BCUT2D eigenvalue weighted by Gasteiger charge is 2.38. The van der Waals surface area contributed by atoms with Gasteiger partial charge in [0.15, 0.2) is 0 Å².